The van der Waals surface area contributed by atoms with Crippen molar-refractivity contribution in [2.45, 2.75) is 46.8 Å². The predicted molar refractivity (Wildman–Crippen MR) is 86.9 cm³/mol. The van der Waals surface area contributed by atoms with Crippen LogP contribution >= 0.6 is 15.9 Å². The van der Waals surface area contributed by atoms with E-state index >= 15 is 0 Å². The highest BCUT2D eigenvalue weighted by Gasteiger charge is 2.06. The van der Waals surface area contributed by atoms with Crippen molar-refractivity contribution in [1.82, 2.24) is 15.1 Å². The van der Waals surface area contributed by atoms with Gasteiger partial charge >= 0.3 is 0 Å². The molecule has 2 aromatic rings. The van der Waals surface area contributed by atoms with Gasteiger partial charge in [0, 0.05) is 22.8 Å². The first-order valence-electron chi connectivity index (χ1n) is 6.97. The number of hydrogen-bond acceptors (Lipinski definition) is 2. The molecule has 20 heavy (non-hydrogen) atoms. The van der Waals surface area contributed by atoms with Gasteiger partial charge in [0.15, 0.2) is 0 Å². The van der Waals surface area contributed by atoms with Gasteiger partial charge in [-0.2, -0.15) is 5.10 Å². The minimum atomic E-state index is 0.503. The molecule has 1 aromatic heterocycles. The molecule has 3 nitrogen and oxygen atoms in total. The van der Waals surface area contributed by atoms with E-state index in [1.807, 2.05) is 11.6 Å². The molecule has 1 heterocycles. The van der Waals surface area contributed by atoms with Gasteiger partial charge in [-0.1, -0.05) is 41.9 Å². The molecule has 0 amide bonds. The topological polar surface area (TPSA) is 29.9 Å². The molecule has 2 rings (SSSR count). The monoisotopic (exact) mass is 335 g/mol. The van der Waals surface area contributed by atoms with E-state index in [2.05, 4.69) is 71.4 Å². The number of aryl methyl sites for hydroxylation is 2. The number of aromatic nitrogens is 2. The lowest BCUT2D eigenvalue weighted by Gasteiger charge is -2.11. The highest BCUT2D eigenvalue weighted by molar-refractivity contribution is 9.10. The SMILES string of the molecule is Cc1cc(C)n(Cc2ccc(CNC(C)C)cc2Br)n1. The second-order valence-electron chi connectivity index (χ2n) is 5.55. The third kappa shape index (κ3) is 3.93. The van der Waals surface area contributed by atoms with Crippen molar-refractivity contribution in [2.75, 3.05) is 0 Å². The van der Waals surface area contributed by atoms with Crippen LogP contribution in [0.5, 0.6) is 0 Å². The van der Waals surface area contributed by atoms with Crippen LogP contribution in [0.4, 0.5) is 0 Å². The Morgan fingerprint density at radius 3 is 2.55 bits per heavy atom. The first-order chi connectivity index (χ1) is 9.45. The zero-order chi connectivity index (χ0) is 14.7. The van der Waals surface area contributed by atoms with Crippen molar-refractivity contribution in [1.29, 1.82) is 0 Å². The Hall–Kier alpha value is -1.13. The van der Waals surface area contributed by atoms with Crippen molar-refractivity contribution in [2.24, 2.45) is 0 Å². The molecule has 1 aromatic carbocycles. The summed E-state index contributed by atoms with van der Waals surface area (Å²) in [6, 6.07) is 9.16. The van der Waals surface area contributed by atoms with Gasteiger partial charge in [-0.3, -0.25) is 4.68 Å². The summed E-state index contributed by atoms with van der Waals surface area (Å²) in [7, 11) is 0. The summed E-state index contributed by atoms with van der Waals surface area (Å²) < 4.78 is 3.19. The Labute approximate surface area is 129 Å². The normalized spacial score (nSPS) is 11.3. The number of benzene rings is 1. The van der Waals surface area contributed by atoms with Gasteiger partial charge in [0.1, 0.15) is 0 Å². The van der Waals surface area contributed by atoms with Crippen molar-refractivity contribution >= 4 is 15.9 Å². The summed E-state index contributed by atoms with van der Waals surface area (Å²) in [6.07, 6.45) is 0. The van der Waals surface area contributed by atoms with E-state index in [1.165, 1.54) is 16.8 Å². The lowest BCUT2D eigenvalue weighted by Crippen LogP contribution is -2.21. The third-order valence-electron chi connectivity index (χ3n) is 3.26. The van der Waals surface area contributed by atoms with E-state index in [9.17, 15) is 0 Å². The molecule has 0 atom stereocenters. The van der Waals surface area contributed by atoms with E-state index in [4.69, 9.17) is 0 Å². The van der Waals surface area contributed by atoms with Crippen molar-refractivity contribution in [3.63, 3.8) is 0 Å². The van der Waals surface area contributed by atoms with Gasteiger partial charge < -0.3 is 5.32 Å². The summed E-state index contributed by atoms with van der Waals surface area (Å²) >= 11 is 3.67. The number of hydrogen-bond donors (Lipinski definition) is 1. The predicted octanol–water partition coefficient (Wildman–Crippen LogP) is 3.81. The van der Waals surface area contributed by atoms with Gasteiger partial charge in [-0.05, 0) is 37.1 Å². The molecular weight excluding hydrogens is 314 g/mol. The van der Waals surface area contributed by atoms with Gasteiger partial charge in [0.2, 0.25) is 0 Å². The molecule has 0 saturated heterocycles. The Kier molecular flexibility index (Phi) is 5.00. The molecule has 108 valence electrons. The molecule has 0 unspecified atom stereocenters. The first-order valence-corrected chi connectivity index (χ1v) is 7.76. The van der Waals surface area contributed by atoms with Crippen molar-refractivity contribution in [3.8, 4) is 0 Å². The molecule has 0 aliphatic carbocycles. The van der Waals surface area contributed by atoms with Gasteiger partial charge in [-0.25, -0.2) is 0 Å². The largest absolute Gasteiger partial charge is 0.310 e. The maximum atomic E-state index is 4.51. The van der Waals surface area contributed by atoms with E-state index in [1.54, 1.807) is 0 Å². The van der Waals surface area contributed by atoms with Crippen LogP contribution in [0.2, 0.25) is 0 Å². The average Bonchev–Trinajstić information content (AvgIpc) is 2.68. The van der Waals surface area contributed by atoms with Crippen LogP contribution in [0, 0.1) is 13.8 Å². The molecule has 0 aliphatic rings. The molecule has 0 fully saturated rings. The number of nitrogens with one attached hydrogen (secondary N) is 1. The maximum Gasteiger partial charge on any atom is 0.0673 e. The molecule has 0 saturated carbocycles. The van der Waals surface area contributed by atoms with Crippen LogP contribution in [-0.2, 0) is 13.1 Å². The van der Waals surface area contributed by atoms with E-state index in [0.717, 1.165) is 23.3 Å². The van der Waals surface area contributed by atoms with Crippen LogP contribution in [0.25, 0.3) is 0 Å². The smallest absolute Gasteiger partial charge is 0.0673 e. The van der Waals surface area contributed by atoms with E-state index in [-0.39, 0.29) is 0 Å². The summed E-state index contributed by atoms with van der Waals surface area (Å²) in [5.41, 5.74) is 4.81. The van der Waals surface area contributed by atoms with Crippen LogP contribution in [0.1, 0.15) is 36.4 Å². The highest BCUT2D eigenvalue weighted by atomic mass is 79.9. The molecule has 0 bridgehead atoms. The quantitative estimate of drug-likeness (QED) is 0.900. The highest BCUT2D eigenvalue weighted by Crippen LogP contribution is 2.20. The number of nitrogens with zero attached hydrogens (tertiary/aromatic N) is 2. The molecule has 0 radical (unpaired) electrons. The van der Waals surface area contributed by atoms with Crippen molar-refractivity contribution in [3.05, 3.63) is 51.3 Å². The molecule has 0 spiro atoms. The van der Waals surface area contributed by atoms with Crippen molar-refractivity contribution < 1.29 is 0 Å². The number of halogens is 1. The fraction of sp³-hybridized carbons (Fsp3) is 0.438. The second kappa shape index (κ2) is 6.55. The van der Waals surface area contributed by atoms with Crippen LogP contribution < -0.4 is 5.32 Å². The summed E-state index contributed by atoms with van der Waals surface area (Å²) in [6.45, 7) is 10.1. The Morgan fingerprint density at radius 1 is 1.25 bits per heavy atom. The maximum absolute atomic E-state index is 4.51. The van der Waals surface area contributed by atoms with Crippen LogP contribution in [-0.4, -0.2) is 15.8 Å². The summed E-state index contributed by atoms with van der Waals surface area (Å²) in [5.74, 6) is 0. The van der Waals surface area contributed by atoms with E-state index < -0.39 is 0 Å². The number of rotatable bonds is 5. The fourth-order valence-electron chi connectivity index (χ4n) is 2.15. The molecule has 4 heteroatoms. The fourth-order valence-corrected chi connectivity index (χ4v) is 2.70. The second-order valence-corrected chi connectivity index (χ2v) is 6.40. The van der Waals surface area contributed by atoms with Crippen LogP contribution in [0.15, 0.2) is 28.7 Å². The van der Waals surface area contributed by atoms with Gasteiger partial charge in [-0.15, -0.1) is 0 Å². The molecular formula is C16H22BrN3. The lowest BCUT2D eigenvalue weighted by atomic mass is 10.1. The summed E-state index contributed by atoms with van der Waals surface area (Å²) in [5, 5.41) is 7.94. The Morgan fingerprint density at radius 2 is 2.00 bits per heavy atom. The molecule has 0 aliphatic heterocycles. The zero-order valence-electron chi connectivity index (χ0n) is 12.6. The van der Waals surface area contributed by atoms with Gasteiger partial charge in [0.05, 0.1) is 12.2 Å². The summed E-state index contributed by atoms with van der Waals surface area (Å²) in [4.78, 5) is 0. The lowest BCUT2D eigenvalue weighted by molar-refractivity contribution is 0.588. The third-order valence-corrected chi connectivity index (χ3v) is 3.99. The first kappa shape index (κ1) is 15.3. The standard InChI is InChI=1S/C16H22BrN3/c1-11(2)18-9-14-5-6-15(16(17)8-14)10-20-13(4)7-12(3)19-20/h5-8,11,18H,9-10H2,1-4H3. The zero-order valence-corrected chi connectivity index (χ0v) is 14.2. The molecule has 1 N–H and O–H groups in total. The minimum absolute atomic E-state index is 0.503. The van der Waals surface area contributed by atoms with E-state index in [0.29, 0.717) is 6.04 Å². The van der Waals surface area contributed by atoms with Crippen LogP contribution in [0.3, 0.4) is 0 Å². The van der Waals surface area contributed by atoms with Gasteiger partial charge in [0.25, 0.3) is 0 Å². The Balaban J connectivity index is 2.11. The average molecular weight is 336 g/mol. The minimum Gasteiger partial charge on any atom is -0.310 e. The Bertz CT molecular complexity index is 587.